The molecule has 1 aliphatic rings. The summed E-state index contributed by atoms with van der Waals surface area (Å²) in [4.78, 5) is 9.62. The maximum atomic E-state index is 4.73. The van der Waals surface area contributed by atoms with Gasteiger partial charge < -0.3 is 9.80 Å². The highest BCUT2D eigenvalue weighted by Crippen LogP contribution is 2.17. The molecule has 2 rings (SSSR count). The van der Waals surface area contributed by atoms with E-state index in [1.165, 1.54) is 36.8 Å². The van der Waals surface area contributed by atoms with Crippen LogP contribution in [0, 0.1) is 0 Å². The van der Waals surface area contributed by atoms with Gasteiger partial charge in [-0.3, -0.25) is 0 Å². The smallest absolute Gasteiger partial charge is 0.0944 e. The van der Waals surface area contributed by atoms with Gasteiger partial charge in [-0.1, -0.05) is 13.3 Å². The Morgan fingerprint density at radius 2 is 2.24 bits per heavy atom. The maximum absolute atomic E-state index is 4.73. The molecule has 0 aliphatic carbocycles. The van der Waals surface area contributed by atoms with Crippen LogP contribution in [0.3, 0.4) is 0 Å². The first kappa shape index (κ1) is 13.0. The summed E-state index contributed by atoms with van der Waals surface area (Å²) in [5.41, 5.74) is 1.28. The molecule has 1 unspecified atom stereocenters. The topological polar surface area (TPSA) is 19.4 Å². The molecule has 0 aromatic carbocycles. The first-order chi connectivity index (χ1) is 8.19. The summed E-state index contributed by atoms with van der Waals surface area (Å²) in [5, 5.41) is 3.53. The minimum atomic E-state index is 0.634. The van der Waals surface area contributed by atoms with Crippen LogP contribution in [-0.2, 0) is 12.8 Å². The predicted octanol–water partition coefficient (Wildman–Crippen LogP) is 1.88. The molecular formula is C13H23N3S. The van der Waals surface area contributed by atoms with Gasteiger partial charge in [0.25, 0.3) is 0 Å². The summed E-state index contributed by atoms with van der Waals surface area (Å²) < 4.78 is 0. The first-order valence-electron chi connectivity index (χ1n) is 6.51. The molecule has 1 aromatic rings. The van der Waals surface area contributed by atoms with Crippen LogP contribution in [0.1, 0.15) is 24.0 Å². The average molecular weight is 253 g/mol. The molecule has 1 fully saturated rings. The van der Waals surface area contributed by atoms with Crippen LogP contribution in [0.15, 0.2) is 5.38 Å². The zero-order valence-electron chi connectivity index (χ0n) is 11.1. The van der Waals surface area contributed by atoms with E-state index in [9.17, 15) is 0 Å². The van der Waals surface area contributed by atoms with Crippen LogP contribution in [0.5, 0.6) is 0 Å². The molecule has 0 bridgehead atoms. The normalized spacial score (nSPS) is 23.1. The summed E-state index contributed by atoms with van der Waals surface area (Å²) in [6, 6.07) is 0.634. The van der Waals surface area contributed by atoms with Gasteiger partial charge in [-0.05, 0) is 20.5 Å². The standard InChI is InChI=1S/C13H23N3S/c1-4-5-11-10-17-13(14-11)8-12-9-15(2)6-7-16(12)3/h10,12H,4-9H2,1-3H3. The van der Waals surface area contributed by atoms with Gasteiger partial charge >= 0.3 is 0 Å². The Bertz CT molecular complexity index is 350. The van der Waals surface area contributed by atoms with Gasteiger partial charge in [0, 0.05) is 37.5 Å². The SMILES string of the molecule is CCCc1csc(CC2CN(C)CCN2C)n1. The van der Waals surface area contributed by atoms with Crippen molar-refractivity contribution in [1.29, 1.82) is 0 Å². The highest BCUT2D eigenvalue weighted by molar-refractivity contribution is 7.09. The summed E-state index contributed by atoms with van der Waals surface area (Å²) in [6.45, 7) is 5.74. The zero-order valence-corrected chi connectivity index (χ0v) is 12.0. The third-order valence-corrected chi connectivity index (χ3v) is 4.42. The number of rotatable bonds is 4. The molecule has 96 valence electrons. The highest BCUT2D eigenvalue weighted by Gasteiger charge is 2.23. The molecule has 1 aliphatic heterocycles. The van der Waals surface area contributed by atoms with Crippen LogP contribution in [-0.4, -0.2) is 54.6 Å². The number of aromatic nitrogens is 1. The van der Waals surface area contributed by atoms with Crippen LogP contribution >= 0.6 is 11.3 Å². The molecule has 2 heterocycles. The van der Waals surface area contributed by atoms with Crippen molar-refractivity contribution in [2.75, 3.05) is 33.7 Å². The van der Waals surface area contributed by atoms with E-state index in [1.54, 1.807) is 0 Å². The Morgan fingerprint density at radius 3 is 3.00 bits per heavy atom. The van der Waals surface area contributed by atoms with Crippen LogP contribution in [0.4, 0.5) is 0 Å². The fourth-order valence-electron chi connectivity index (χ4n) is 2.34. The third-order valence-electron chi connectivity index (χ3n) is 3.50. The number of nitrogens with zero attached hydrogens (tertiary/aromatic N) is 3. The molecule has 0 amide bonds. The van der Waals surface area contributed by atoms with Crippen molar-refractivity contribution in [3.05, 3.63) is 16.1 Å². The molecule has 0 spiro atoms. The lowest BCUT2D eigenvalue weighted by Crippen LogP contribution is -2.50. The summed E-state index contributed by atoms with van der Waals surface area (Å²) in [6.07, 6.45) is 3.42. The quantitative estimate of drug-likeness (QED) is 0.817. The maximum Gasteiger partial charge on any atom is 0.0944 e. The van der Waals surface area contributed by atoms with E-state index >= 15 is 0 Å². The van der Waals surface area contributed by atoms with Crippen LogP contribution < -0.4 is 0 Å². The summed E-state index contributed by atoms with van der Waals surface area (Å²) in [7, 11) is 4.45. The van der Waals surface area contributed by atoms with Crippen LogP contribution in [0.2, 0.25) is 0 Å². The molecule has 3 nitrogen and oxygen atoms in total. The van der Waals surface area contributed by atoms with Gasteiger partial charge in [0.15, 0.2) is 0 Å². The minimum absolute atomic E-state index is 0.634. The first-order valence-corrected chi connectivity index (χ1v) is 7.39. The Kier molecular flexibility index (Phi) is 4.54. The largest absolute Gasteiger partial charge is 0.304 e. The van der Waals surface area contributed by atoms with Gasteiger partial charge in [0.1, 0.15) is 0 Å². The predicted molar refractivity (Wildman–Crippen MR) is 73.7 cm³/mol. The average Bonchev–Trinajstić information content (AvgIpc) is 2.72. The molecule has 17 heavy (non-hydrogen) atoms. The Morgan fingerprint density at radius 1 is 1.41 bits per heavy atom. The number of aryl methyl sites for hydroxylation is 1. The van der Waals surface area contributed by atoms with Crippen LogP contribution in [0.25, 0.3) is 0 Å². The van der Waals surface area contributed by atoms with Gasteiger partial charge in [-0.2, -0.15) is 0 Å². The van der Waals surface area contributed by atoms with Crippen molar-refractivity contribution < 1.29 is 0 Å². The van der Waals surface area contributed by atoms with Crippen molar-refractivity contribution in [2.24, 2.45) is 0 Å². The number of thiazole rings is 1. The molecule has 4 heteroatoms. The third kappa shape index (κ3) is 3.50. The van der Waals surface area contributed by atoms with E-state index in [2.05, 4.69) is 36.2 Å². The highest BCUT2D eigenvalue weighted by atomic mass is 32.1. The Labute approximate surface area is 108 Å². The van der Waals surface area contributed by atoms with E-state index in [1.807, 2.05) is 11.3 Å². The number of hydrogen-bond acceptors (Lipinski definition) is 4. The van der Waals surface area contributed by atoms with E-state index < -0.39 is 0 Å². The van der Waals surface area contributed by atoms with Crippen molar-refractivity contribution in [3.63, 3.8) is 0 Å². The second-order valence-corrected chi connectivity index (χ2v) is 6.03. The van der Waals surface area contributed by atoms with E-state index in [-0.39, 0.29) is 0 Å². The van der Waals surface area contributed by atoms with Crippen molar-refractivity contribution in [3.8, 4) is 0 Å². The Balaban J connectivity index is 1.94. The molecule has 1 atom stereocenters. The summed E-state index contributed by atoms with van der Waals surface area (Å²) >= 11 is 1.83. The van der Waals surface area contributed by atoms with Gasteiger partial charge in [0.05, 0.1) is 10.7 Å². The molecule has 0 N–H and O–H groups in total. The molecule has 0 radical (unpaired) electrons. The van der Waals surface area contributed by atoms with Gasteiger partial charge in [-0.25, -0.2) is 4.98 Å². The lowest BCUT2D eigenvalue weighted by molar-refractivity contribution is 0.114. The lowest BCUT2D eigenvalue weighted by atomic mass is 10.1. The van der Waals surface area contributed by atoms with Crippen molar-refractivity contribution in [2.45, 2.75) is 32.2 Å². The lowest BCUT2D eigenvalue weighted by Gasteiger charge is -2.37. The number of likely N-dealkylation sites (N-methyl/N-ethyl adjacent to an activating group) is 2. The van der Waals surface area contributed by atoms with Gasteiger partial charge in [-0.15, -0.1) is 11.3 Å². The van der Waals surface area contributed by atoms with E-state index in [0.29, 0.717) is 6.04 Å². The van der Waals surface area contributed by atoms with Crippen molar-refractivity contribution >= 4 is 11.3 Å². The monoisotopic (exact) mass is 253 g/mol. The fourth-order valence-corrected chi connectivity index (χ4v) is 3.24. The van der Waals surface area contributed by atoms with E-state index in [4.69, 9.17) is 4.98 Å². The Hall–Kier alpha value is -0.450. The molecule has 1 aromatic heterocycles. The fraction of sp³-hybridized carbons (Fsp3) is 0.769. The zero-order chi connectivity index (χ0) is 12.3. The molecule has 0 saturated carbocycles. The number of piperazine rings is 1. The van der Waals surface area contributed by atoms with Gasteiger partial charge in [0.2, 0.25) is 0 Å². The minimum Gasteiger partial charge on any atom is -0.304 e. The second kappa shape index (κ2) is 5.94. The molecule has 1 saturated heterocycles. The van der Waals surface area contributed by atoms with Crippen molar-refractivity contribution in [1.82, 2.24) is 14.8 Å². The van der Waals surface area contributed by atoms with E-state index in [0.717, 1.165) is 12.8 Å². The summed E-state index contributed by atoms with van der Waals surface area (Å²) in [5.74, 6) is 0. The number of hydrogen-bond donors (Lipinski definition) is 0. The molecular weight excluding hydrogens is 230 g/mol. The second-order valence-electron chi connectivity index (χ2n) is 5.08.